The second-order valence-corrected chi connectivity index (χ2v) is 23.8. The first-order chi connectivity index (χ1) is 37.1. The van der Waals surface area contributed by atoms with Gasteiger partial charge in [0.05, 0.1) is 34.4 Å². The number of nitrogens with zero attached hydrogens (tertiary/aromatic N) is 1. The van der Waals surface area contributed by atoms with Gasteiger partial charge in [-0.2, -0.15) is 0 Å². The van der Waals surface area contributed by atoms with Crippen molar-refractivity contribution in [2.45, 2.75) is 341 Å². The lowest BCUT2D eigenvalue weighted by molar-refractivity contribution is -0.870. The lowest BCUT2D eigenvalue weighted by Crippen LogP contribution is -2.40. The Morgan fingerprint density at radius 1 is 0.395 bits per heavy atom. The highest BCUT2D eigenvalue weighted by Crippen LogP contribution is 2.19. The Hall–Kier alpha value is -2.23. The lowest BCUT2D eigenvalue weighted by atomic mass is 10.0. The second-order valence-electron chi connectivity index (χ2n) is 23.8. The highest BCUT2D eigenvalue weighted by molar-refractivity contribution is 5.71. The molecule has 0 aliphatic heterocycles. The van der Waals surface area contributed by atoms with Crippen LogP contribution in [-0.4, -0.2) is 87.4 Å². The molecule has 2 unspecified atom stereocenters. The van der Waals surface area contributed by atoms with Crippen molar-refractivity contribution >= 4 is 17.9 Å². The lowest BCUT2D eigenvalue weighted by Gasteiger charge is -2.25. The molecular weight excluding hydrogens is 947 g/mol. The summed E-state index contributed by atoms with van der Waals surface area (Å²) >= 11 is 0. The number of carboxylic acids is 1. The number of carbonyl (C=O) groups excluding carboxylic acids is 2. The Balaban J connectivity index is 3.94. The SMILES string of the molecule is CCCCC/C=C\C/C=C\CCCCCCCC(=O)OC(COC(=O)CCCCCCCCCCCCCCCCCCCCCCCCCCCCCCCCCCCCCC)COC(OCC[N+](C)(C)C)C(=O)O. The van der Waals surface area contributed by atoms with Crippen molar-refractivity contribution in [1.29, 1.82) is 0 Å². The first-order valence-corrected chi connectivity index (χ1v) is 33.0. The molecule has 9 heteroatoms. The van der Waals surface area contributed by atoms with Gasteiger partial charge >= 0.3 is 17.9 Å². The number of likely N-dealkylation sites (N-methyl/N-ethyl adjacent to an activating group) is 1. The van der Waals surface area contributed by atoms with Crippen LogP contribution in [0.25, 0.3) is 0 Å². The van der Waals surface area contributed by atoms with Gasteiger partial charge in [-0.15, -0.1) is 0 Å². The third-order valence-electron chi connectivity index (χ3n) is 15.0. The molecule has 0 aliphatic rings. The van der Waals surface area contributed by atoms with E-state index in [0.29, 0.717) is 23.9 Å². The number of unbranched alkanes of at least 4 members (excludes halogenated alkanes) is 43. The molecular formula is C67H128NO8+. The van der Waals surface area contributed by atoms with Gasteiger partial charge in [0.15, 0.2) is 6.10 Å². The van der Waals surface area contributed by atoms with Crippen molar-refractivity contribution in [3.05, 3.63) is 24.3 Å². The van der Waals surface area contributed by atoms with Crippen LogP contribution in [-0.2, 0) is 33.3 Å². The molecule has 0 fully saturated rings. The zero-order chi connectivity index (χ0) is 55.5. The minimum atomic E-state index is -1.51. The Kier molecular flexibility index (Phi) is 57.2. The molecule has 0 bridgehead atoms. The van der Waals surface area contributed by atoms with Gasteiger partial charge in [-0.1, -0.05) is 295 Å². The van der Waals surface area contributed by atoms with E-state index in [9.17, 15) is 19.5 Å². The Bertz CT molecular complexity index is 1300. The minimum Gasteiger partial charge on any atom is -0.477 e. The van der Waals surface area contributed by atoms with E-state index in [1.807, 2.05) is 21.1 Å². The van der Waals surface area contributed by atoms with Gasteiger partial charge in [-0.05, 0) is 44.9 Å². The molecule has 0 aliphatic carbocycles. The van der Waals surface area contributed by atoms with Crippen molar-refractivity contribution in [3.8, 4) is 0 Å². The third kappa shape index (κ3) is 59.4. The van der Waals surface area contributed by atoms with E-state index in [0.717, 1.165) is 57.8 Å². The number of hydrogen-bond acceptors (Lipinski definition) is 7. The van der Waals surface area contributed by atoms with Crippen LogP contribution in [0.5, 0.6) is 0 Å². The van der Waals surface area contributed by atoms with E-state index < -0.39 is 24.3 Å². The van der Waals surface area contributed by atoms with Crippen molar-refractivity contribution < 1.29 is 42.9 Å². The summed E-state index contributed by atoms with van der Waals surface area (Å²) in [5.41, 5.74) is 0. The zero-order valence-electron chi connectivity index (χ0n) is 51.2. The number of esters is 2. The van der Waals surface area contributed by atoms with Gasteiger partial charge in [-0.25, -0.2) is 4.79 Å². The fraction of sp³-hybridized carbons (Fsp3) is 0.896. The minimum absolute atomic E-state index is 0.183. The molecule has 9 nitrogen and oxygen atoms in total. The van der Waals surface area contributed by atoms with E-state index in [2.05, 4.69) is 38.2 Å². The fourth-order valence-corrected chi connectivity index (χ4v) is 9.87. The average molecular weight is 1080 g/mol. The maximum Gasteiger partial charge on any atom is 0.361 e. The van der Waals surface area contributed by atoms with E-state index >= 15 is 0 Å². The molecule has 1 N–H and O–H groups in total. The molecule has 0 radical (unpaired) electrons. The molecule has 0 amide bonds. The van der Waals surface area contributed by atoms with Crippen LogP contribution in [0.1, 0.15) is 328 Å². The van der Waals surface area contributed by atoms with E-state index in [-0.39, 0.29) is 32.2 Å². The van der Waals surface area contributed by atoms with Crippen LogP contribution in [0.2, 0.25) is 0 Å². The van der Waals surface area contributed by atoms with Crippen LogP contribution in [0.4, 0.5) is 0 Å². The smallest absolute Gasteiger partial charge is 0.361 e. The molecule has 448 valence electrons. The van der Waals surface area contributed by atoms with Gasteiger partial charge in [0.1, 0.15) is 13.2 Å². The summed E-state index contributed by atoms with van der Waals surface area (Å²) in [5, 5.41) is 9.70. The Morgan fingerprint density at radius 2 is 0.711 bits per heavy atom. The molecule has 0 saturated carbocycles. The number of rotatable bonds is 62. The van der Waals surface area contributed by atoms with Crippen molar-refractivity contribution in [2.24, 2.45) is 0 Å². The monoisotopic (exact) mass is 1070 g/mol. The highest BCUT2D eigenvalue weighted by atomic mass is 16.7. The van der Waals surface area contributed by atoms with Crippen LogP contribution in [0, 0.1) is 0 Å². The van der Waals surface area contributed by atoms with Gasteiger partial charge in [0, 0.05) is 12.8 Å². The maximum atomic E-state index is 12.8. The summed E-state index contributed by atoms with van der Waals surface area (Å²) in [6.07, 6.45) is 68.8. The molecule has 0 aromatic rings. The molecule has 2 atom stereocenters. The van der Waals surface area contributed by atoms with Gasteiger partial charge in [0.25, 0.3) is 6.29 Å². The summed E-state index contributed by atoms with van der Waals surface area (Å²) < 4.78 is 22.9. The third-order valence-corrected chi connectivity index (χ3v) is 15.0. The average Bonchev–Trinajstić information content (AvgIpc) is 3.39. The Morgan fingerprint density at radius 3 is 1.07 bits per heavy atom. The fourth-order valence-electron chi connectivity index (χ4n) is 9.87. The second kappa shape index (κ2) is 58.9. The van der Waals surface area contributed by atoms with Gasteiger partial charge in [-0.3, -0.25) is 9.59 Å². The summed E-state index contributed by atoms with van der Waals surface area (Å²) in [6.45, 7) is 4.88. The number of carboxylic acid groups (broad SMARTS) is 1. The number of hydrogen-bond donors (Lipinski definition) is 1. The molecule has 0 saturated heterocycles. The van der Waals surface area contributed by atoms with Crippen molar-refractivity contribution in [1.82, 2.24) is 0 Å². The molecule has 0 heterocycles. The Labute approximate surface area is 471 Å². The van der Waals surface area contributed by atoms with Crippen molar-refractivity contribution in [2.75, 3.05) is 47.5 Å². The number of carbonyl (C=O) groups is 3. The van der Waals surface area contributed by atoms with Crippen LogP contribution >= 0.6 is 0 Å². The van der Waals surface area contributed by atoms with Gasteiger partial charge < -0.3 is 28.5 Å². The van der Waals surface area contributed by atoms with Gasteiger partial charge in [0.2, 0.25) is 0 Å². The summed E-state index contributed by atoms with van der Waals surface area (Å²) in [7, 11) is 5.97. The standard InChI is InChI=1S/C67H127NO8/c1-6-8-10-12-14-16-18-20-22-23-24-25-26-27-28-29-30-31-32-33-34-35-36-37-38-39-40-41-42-44-45-47-49-51-53-55-57-64(69)74-61-63(62-75-67(66(71)72)73-60-59-68(3,4)5)76-65(70)58-56-54-52-50-48-46-43-21-19-17-15-13-11-9-7-2/h15,17,21,43,63,67H,6-14,16,18-20,22-42,44-62H2,1-5H3/p+1/b17-15-,43-21-. The van der Waals surface area contributed by atoms with E-state index in [1.165, 1.54) is 238 Å². The molecule has 0 aromatic heterocycles. The first-order valence-electron chi connectivity index (χ1n) is 33.0. The molecule has 0 spiro atoms. The van der Waals surface area contributed by atoms with Crippen LogP contribution in [0.15, 0.2) is 24.3 Å². The summed E-state index contributed by atoms with van der Waals surface area (Å²) in [4.78, 5) is 37.4. The number of aliphatic carboxylic acids is 1. The van der Waals surface area contributed by atoms with E-state index in [4.69, 9.17) is 18.9 Å². The predicted molar refractivity (Wildman–Crippen MR) is 323 cm³/mol. The molecule has 0 aromatic carbocycles. The topological polar surface area (TPSA) is 108 Å². The molecule has 0 rings (SSSR count). The predicted octanol–water partition coefficient (Wildman–Crippen LogP) is 19.9. The summed E-state index contributed by atoms with van der Waals surface area (Å²) in [6, 6.07) is 0. The first kappa shape index (κ1) is 73.8. The van der Waals surface area contributed by atoms with Crippen molar-refractivity contribution in [3.63, 3.8) is 0 Å². The van der Waals surface area contributed by atoms with E-state index in [1.54, 1.807) is 0 Å². The molecule has 76 heavy (non-hydrogen) atoms. The highest BCUT2D eigenvalue weighted by Gasteiger charge is 2.25. The largest absolute Gasteiger partial charge is 0.477 e. The number of allylic oxidation sites excluding steroid dienone is 4. The van der Waals surface area contributed by atoms with Crippen LogP contribution in [0.3, 0.4) is 0 Å². The maximum absolute atomic E-state index is 12.8. The quantitative estimate of drug-likeness (QED) is 0.0211. The van der Waals surface area contributed by atoms with Crippen LogP contribution < -0.4 is 0 Å². The number of quaternary nitrogens is 1. The number of ether oxygens (including phenoxy) is 4. The normalized spacial score (nSPS) is 12.8. The summed E-state index contributed by atoms with van der Waals surface area (Å²) in [5.74, 6) is -2.00. The zero-order valence-corrected chi connectivity index (χ0v) is 51.2.